The van der Waals surface area contributed by atoms with Crippen molar-refractivity contribution in [3.63, 3.8) is 0 Å². The molecule has 64 heavy (non-hydrogen) atoms. The molecule has 10 aromatic rings. The lowest BCUT2D eigenvalue weighted by molar-refractivity contribution is 1.17. The van der Waals surface area contributed by atoms with Crippen molar-refractivity contribution in [2.75, 3.05) is 14.7 Å². The van der Waals surface area contributed by atoms with Crippen molar-refractivity contribution in [2.24, 2.45) is 0 Å². The first-order chi connectivity index (χ1) is 31.2. The molecule has 1 heterocycles. The molecule has 0 saturated heterocycles. The quantitative estimate of drug-likeness (QED) is 0.136. The van der Waals surface area contributed by atoms with Gasteiger partial charge in [0.25, 0.3) is 0 Å². The SMILES string of the molecule is Cc1cccc(N(c2cccc(C)c2)c2cccc(-n3c4ccc(N(c5cccc(C)c5)c5cccc(C)c5)cc4c4cc(N(c5cccc(C)c5)c5cccc(C)c5)ccc43)c2)c1. The van der Waals surface area contributed by atoms with E-state index in [1.165, 1.54) is 44.2 Å². The minimum absolute atomic E-state index is 1.09. The Morgan fingerprint density at radius 2 is 0.500 bits per heavy atom. The van der Waals surface area contributed by atoms with Gasteiger partial charge in [0, 0.05) is 67.6 Å². The summed E-state index contributed by atoms with van der Waals surface area (Å²) in [5.74, 6) is 0. The van der Waals surface area contributed by atoms with Gasteiger partial charge in [0.05, 0.1) is 11.0 Å². The fourth-order valence-corrected chi connectivity index (χ4v) is 9.27. The van der Waals surface area contributed by atoms with E-state index in [0.717, 1.165) is 67.9 Å². The lowest BCUT2D eigenvalue weighted by atomic mass is 10.1. The molecule has 10 rings (SSSR count). The Hall–Kier alpha value is -7.82. The van der Waals surface area contributed by atoms with Crippen LogP contribution in [0.3, 0.4) is 0 Å². The predicted molar refractivity (Wildman–Crippen MR) is 273 cm³/mol. The Bertz CT molecular complexity index is 3050. The van der Waals surface area contributed by atoms with Gasteiger partial charge in [-0.1, -0.05) is 78.9 Å². The molecule has 1 aromatic heterocycles. The van der Waals surface area contributed by atoms with Crippen molar-refractivity contribution < 1.29 is 0 Å². The highest BCUT2D eigenvalue weighted by atomic mass is 15.2. The smallest absolute Gasteiger partial charge is 0.0542 e. The Morgan fingerprint density at radius 1 is 0.250 bits per heavy atom. The van der Waals surface area contributed by atoms with E-state index in [2.05, 4.69) is 267 Å². The van der Waals surface area contributed by atoms with Gasteiger partial charge in [0.2, 0.25) is 0 Å². The van der Waals surface area contributed by atoms with E-state index in [4.69, 9.17) is 0 Å². The number of nitrogens with zero attached hydrogens (tertiary/aromatic N) is 4. The van der Waals surface area contributed by atoms with Crippen LogP contribution in [0.5, 0.6) is 0 Å². The second-order valence-corrected chi connectivity index (χ2v) is 17.3. The first kappa shape index (κ1) is 40.3. The van der Waals surface area contributed by atoms with E-state index in [9.17, 15) is 0 Å². The van der Waals surface area contributed by atoms with Gasteiger partial charge >= 0.3 is 0 Å². The molecule has 0 bridgehead atoms. The van der Waals surface area contributed by atoms with Crippen LogP contribution in [-0.2, 0) is 0 Å². The summed E-state index contributed by atoms with van der Waals surface area (Å²) in [6.45, 7) is 13.0. The molecule has 0 aliphatic rings. The summed E-state index contributed by atoms with van der Waals surface area (Å²) < 4.78 is 2.44. The molecule has 9 aromatic carbocycles. The minimum atomic E-state index is 1.09. The molecular formula is C60H52N4. The second-order valence-electron chi connectivity index (χ2n) is 17.3. The van der Waals surface area contributed by atoms with Crippen molar-refractivity contribution in [2.45, 2.75) is 41.5 Å². The summed E-state index contributed by atoms with van der Waals surface area (Å²) in [6, 6.07) is 75.7. The Labute approximate surface area is 377 Å². The largest absolute Gasteiger partial charge is 0.310 e. The van der Waals surface area contributed by atoms with Gasteiger partial charge in [-0.05, 0) is 202 Å². The second kappa shape index (κ2) is 16.8. The maximum Gasteiger partial charge on any atom is 0.0542 e. The number of fused-ring (bicyclic) bond motifs is 3. The van der Waals surface area contributed by atoms with Crippen molar-refractivity contribution in [3.05, 3.63) is 240 Å². The number of rotatable bonds is 10. The molecule has 0 atom stereocenters. The van der Waals surface area contributed by atoms with Crippen molar-refractivity contribution in [3.8, 4) is 5.69 Å². The normalized spacial score (nSPS) is 11.3. The first-order valence-electron chi connectivity index (χ1n) is 22.2. The number of hydrogen-bond acceptors (Lipinski definition) is 3. The highest BCUT2D eigenvalue weighted by Gasteiger charge is 2.22. The fourth-order valence-electron chi connectivity index (χ4n) is 9.27. The molecule has 0 radical (unpaired) electrons. The zero-order chi connectivity index (χ0) is 43.9. The summed E-state index contributed by atoms with van der Waals surface area (Å²) >= 11 is 0. The minimum Gasteiger partial charge on any atom is -0.310 e. The molecule has 0 aliphatic carbocycles. The third-order valence-corrected chi connectivity index (χ3v) is 12.2. The molecule has 4 heteroatoms. The highest BCUT2D eigenvalue weighted by Crippen LogP contribution is 2.44. The number of aromatic nitrogens is 1. The number of hydrogen-bond donors (Lipinski definition) is 0. The number of benzene rings is 9. The van der Waals surface area contributed by atoms with Crippen molar-refractivity contribution in [1.29, 1.82) is 0 Å². The Morgan fingerprint density at radius 3 is 0.781 bits per heavy atom. The third-order valence-electron chi connectivity index (χ3n) is 12.2. The summed E-state index contributed by atoms with van der Waals surface area (Å²) in [6.07, 6.45) is 0. The van der Waals surface area contributed by atoms with Crippen molar-refractivity contribution >= 4 is 73.0 Å². The third kappa shape index (κ3) is 7.80. The van der Waals surface area contributed by atoms with Gasteiger partial charge in [-0.2, -0.15) is 0 Å². The van der Waals surface area contributed by atoms with E-state index in [-0.39, 0.29) is 0 Å². The Kier molecular flexibility index (Phi) is 10.6. The van der Waals surface area contributed by atoms with Gasteiger partial charge in [-0.3, -0.25) is 0 Å². The zero-order valence-corrected chi connectivity index (χ0v) is 37.4. The summed E-state index contributed by atoms with van der Waals surface area (Å²) in [4.78, 5) is 7.15. The van der Waals surface area contributed by atoms with Gasteiger partial charge in [-0.25, -0.2) is 0 Å². The molecule has 0 spiro atoms. The topological polar surface area (TPSA) is 14.7 Å². The lowest BCUT2D eigenvalue weighted by Gasteiger charge is -2.27. The molecule has 4 nitrogen and oxygen atoms in total. The average Bonchev–Trinajstić information content (AvgIpc) is 3.60. The molecule has 0 saturated carbocycles. The van der Waals surface area contributed by atoms with E-state index in [1.54, 1.807) is 0 Å². The van der Waals surface area contributed by atoms with Gasteiger partial charge in [0.1, 0.15) is 0 Å². The molecule has 0 unspecified atom stereocenters. The van der Waals surface area contributed by atoms with Gasteiger partial charge in [0.15, 0.2) is 0 Å². The number of aryl methyl sites for hydroxylation is 6. The van der Waals surface area contributed by atoms with E-state index in [0.29, 0.717) is 0 Å². The molecule has 0 amide bonds. The number of anilines is 9. The summed E-state index contributed by atoms with van der Waals surface area (Å²) in [5.41, 5.74) is 20.7. The highest BCUT2D eigenvalue weighted by molar-refractivity contribution is 6.12. The Balaban J connectivity index is 1.23. The average molecular weight is 829 g/mol. The fraction of sp³-hybridized carbons (Fsp3) is 0.100. The van der Waals surface area contributed by atoms with Crippen LogP contribution in [0.4, 0.5) is 51.2 Å². The van der Waals surface area contributed by atoms with E-state index in [1.807, 2.05) is 0 Å². The van der Waals surface area contributed by atoms with Crippen LogP contribution in [0.1, 0.15) is 33.4 Å². The molecular weight excluding hydrogens is 777 g/mol. The molecule has 0 N–H and O–H groups in total. The van der Waals surface area contributed by atoms with Crippen LogP contribution in [0.25, 0.3) is 27.5 Å². The standard InChI is InChI=1S/C60H52N4/c1-41-14-7-20-47(32-41)61(48-21-8-15-42(2)33-48)53-26-13-27-54(38-53)64-59-30-28-55(62(49-22-9-16-43(3)34-49)50-23-10-17-44(4)35-50)39-57(59)58-40-56(29-31-60(58)64)63(51-24-11-18-45(5)36-51)52-25-12-19-46(6)37-52/h7-40H,1-6H3. The van der Waals surface area contributed by atoms with Gasteiger partial charge < -0.3 is 19.3 Å². The van der Waals surface area contributed by atoms with E-state index >= 15 is 0 Å². The monoisotopic (exact) mass is 828 g/mol. The summed E-state index contributed by atoms with van der Waals surface area (Å²) in [5, 5.41) is 2.35. The molecule has 312 valence electrons. The van der Waals surface area contributed by atoms with Crippen molar-refractivity contribution in [1.82, 2.24) is 4.57 Å². The lowest BCUT2D eigenvalue weighted by Crippen LogP contribution is -2.11. The molecule has 0 fully saturated rings. The maximum atomic E-state index is 2.44. The zero-order valence-electron chi connectivity index (χ0n) is 37.4. The van der Waals surface area contributed by atoms with Crippen LogP contribution in [0, 0.1) is 41.5 Å². The summed E-state index contributed by atoms with van der Waals surface area (Å²) in [7, 11) is 0. The maximum absolute atomic E-state index is 2.44. The van der Waals surface area contributed by atoms with Crippen LogP contribution in [0.2, 0.25) is 0 Å². The van der Waals surface area contributed by atoms with Gasteiger partial charge in [-0.15, -0.1) is 0 Å². The van der Waals surface area contributed by atoms with E-state index < -0.39 is 0 Å². The molecule has 0 aliphatic heterocycles. The van der Waals surface area contributed by atoms with Crippen LogP contribution in [0.15, 0.2) is 206 Å². The van der Waals surface area contributed by atoms with Crippen LogP contribution < -0.4 is 14.7 Å². The predicted octanol–water partition coefficient (Wildman–Crippen LogP) is 17.0. The first-order valence-corrected chi connectivity index (χ1v) is 22.2. The van der Waals surface area contributed by atoms with Crippen LogP contribution in [-0.4, -0.2) is 4.57 Å². The van der Waals surface area contributed by atoms with Crippen LogP contribution >= 0.6 is 0 Å².